The van der Waals surface area contributed by atoms with E-state index in [1.807, 2.05) is 138 Å². The fraction of sp³-hybridized carbons (Fsp3) is 0.203. The second-order valence-electron chi connectivity index (χ2n) is 20.1. The zero-order chi connectivity index (χ0) is 52.2. The normalized spacial score (nSPS) is 17.5. The molecule has 17 nitrogen and oxygen atoms in total. The molecule has 0 saturated heterocycles. The minimum Gasteiger partial charge on any atom is -0.380 e. The molecule has 3 aliphatic rings. The maximum Gasteiger partial charge on any atom is 0.269 e. The number of nitrogens with zero attached hydrogens (tertiary/aromatic N) is 6. The van der Waals surface area contributed by atoms with E-state index < -0.39 is 11.9 Å². The SMILES string of the molecule is C[C@@H]1CC(=O)Nc2cc(C[C@@H]3CC(=O)Nc4cc(C[C@@H]5CC(=O)Nc6cccc(-c7cnn([C@H](C)c8ccccc8)c7)c6N5)cc(-c5cnn(-c6ccccc6)c5)c4N3)cc(-c3ccc4c(c3)c(C(N)=O)nn4C)c2N1. The van der Waals surface area contributed by atoms with E-state index in [0.717, 1.165) is 78.3 Å². The molecule has 0 saturated carbocycles. The lowest BCUT2D eigenvalue weighted by Gasteiger charge is -2.23. The molecule has 0 aliphatic carbocycles. The number of hydrogen-bond acceptors (Lipinski definition) is 10. The molecule has 3 aliphatic heterocycles. The Labute approximate surface area is 437 Å². The molecule has 0 unspecified atom stereocenters. The van der Waals surface area contributed by atoms with Crippen LogP contribution in [0.3, 0.4) is 0 Å². The Bertz CT molecular complexity index is 3770. The van der Waals surface area contributed by atoms with Gasteiger partial charge in [-0.25, -0.2) is 4.68 Å². The highest BCUT2D eigenvalue weighted by molar-refractivity contribution is 6.07. The minimum atomic E-state index is -0.630. The molecule has 76 heavy (non-hydrogen) atoms. The smallest absolute Gasteiger partial charge is 0.269 e. The van der Waals surface area contributed by atoms with Gasteiger partial charge in [0.15, 0.2) is 5.69 Å². The van der Waals surface area contributed by atoms with Crippen molar-refractivity contribution in [2.45, 2.75) is 70.1 Å². The molecule has 4 amide bonds. The number of aromatic nitrogens is 6. The van der Waals surface area contributed by atoms with Gasteiger partial charge in [0.25, 0.3) is 5.91 Å². The van der Waals surface area contributed by atoms with Gasteiger partial charge in [0.1, 0.15) is 0 Å². The van der Waals surface area contributed by atoms with Gasteiger partial charge in [-0.3, -0.25) is 28.5 Å². The van der Waals surface area contributed by atoms with Crippen molar-refractivity contribution in [2.24, 2.45) is 12.8 Å². The first-order valence-electron chi connectivity index (χ1n) is 25.5. The van der Waals surface area contributed by atoms with Gasteiger partial charge in [-0.1, -0.05) is 66.7 Å². The van der Waals surface area contributed by atoms with Crippen molar-refractivity contribution in [3.63, 3.8) is 0 Å². The molecule has 12 rings (SSSR count). The van der Waals surface area contributed by atoms with Gasteiger partial charge >= 0.3 is 0 Å². The second-order valence-corrected chi connectivity index (χ2v) is 20.1. The topological polar surface area (TPSA) is 220 Å². The van der Waals surface area contributed by atoms with E-state index in [9.17, 15) is 19.2 Å². The van der Waals surface area contributed by atoms with Crippen molar-refractivity contribution < 1.29 is 19.2 Å². The van der Waals surface area contributed by atoms with Crippen LogP contribution in [-0.4, -0.2) is 71.1 Å². The average molecular weight is 1010 g/mol. The van der Waals surface area contributed by atoms with Crippen LogP contribution in [0.1, 0.15) is 66.3 Å². The summed E-state index contributed by atoms with van der Waals surface area (Å²) in [6.07, 6.45) is 9.16. The summed E-state index contributed by atoms with van der Waals surface area (Å²) < 4.78 is 5.42. The summed E-state index contributed by atoms with van der Waals surface area (Å²) in [4.78, 5) is 53.7. The van der Waals surface area contributed by atoms with Crippen LogP contribution >= 0.6 is 0 Å². The molecular formula is C59H55N13O4. The Hall–Kier alpha value is -9.51. The average Bonchev–Trinajstić information content (AvgIpc) is 4.13. The lowest BCUT2D eigenvalue weighted by atomic mass is 9.93. The van der Waals surface area contributed by atoms with Crippen molar-refractivity contribution >= 4 is 68.7 Å². The van der Waals surface area contributed by atoms with Gasteiger partial charge in [0, 0.05) is 90.0 Å². The molecule has 0 bridgehead atoms. The van der Waals surface area contributed by atoms with Crippen molar-refractivity contribution in [1.29, 1.82) is 0 Å². The highest BCUT2D eigenvalue weighted by atomic mass is 16.2. The van der Waals surface area contributed by atoms with Crippen molar-refractivity contribution in [3.8, 4) is 39.1 Å². The third-order valence-corrected chi connectivity index (χ3v) is 14.6. The summed E-state index contributed by atoms with van der Waals surface area (Å²) in [7, 11) is 1.77. The van der Waals surface area contributed by atoms with Crippen LogP contribution in [-0.2, 0) is 34.3 Å². The summed E-state index contributed by atoms with van der Waals surface area (Å²) in [6, 6.07) is 39.1. The van der Waals surface area contributed by atoms with Crippen molar-refractivity contribution in [2.75, 3.05) is 31.9 Å². The van der Waals surface area contributed by atoms with Crippen LogP contribution in [0.25, 0.3) is 50.0 Å². The number of para-hydroxylation sites is 2. The molecule has 8 N–H and O–H groups in total. The first-order chi connectivity index (χ1) is 36.9. The maximum absolute atomic E-state index is 14.2. The van der Waals surface area contributed by atoms with Crippen LogP contribution < -0.4 is 37.6 Å². The van der Waals surface area contributed by atoms with Crippen LogP contribution in [0.15, 0.2) is 146 Å². The van der Waals surface area contributed by atoms with Crippen LogP contribution in [0.2, 0.25) is 0 Å². The zero-order valence-electron chi connectivity index (χ0n) is 42.1. The molecule has 0 spiro atoms. The molecule has 4 atom stereocenters. The number of carbonyl (C=O) groups is 4. The summed E-state index contributed by atoms with van der Waals surface area (Å²) >= 11 is 0. The highest BCUT2D eigenvalue weighted by Gasteiger charge is 2.30. The first kappa shape index (κ1) is 47.5. The quantitative estimate of drug-likeness (QED) is 0.0651. The summed E-state index contributed by atoms with van der Waals surface area (Å²) in [6.45, 7) is 4.08. The Morgan fingerprint density at radius 3 is 1.91 bits per heavy atom. The molecule has 380 valence electrons. The predicted octanol–water partition coefficient (Wildman–Crippen LogP) is 9.54. The molecule has 9 aromatic rings. The number of fused-ring (bicyclic) bond motifs is 4. The number of primary amides is 1. The lowest BCUT2D eigenvalue weighted by molar-refractivity contribution is -0.117. The van der Waals surface area contributed by atoms with E-state index in [0.29, 0.717) is 35.3 Å². The molecule has 6 heterocycles. The summed E-state index contributed by atoms with van der Waals surface area (Å²) in [5.74, 6) is -1.04. The van der Waals surface area contributed by atoms with Gasteiger partial charge in [-0.15, -0.1) is 0 Å². The molecule has 0 radical (unpaired) electrons. The molecule has 0 fully saturated rings. The van der Waals surface area contributed by atoms with Crippen LogP contribution in [0.4, 0.5) is 34.1 Å². The van der Waals surface area contributed by atoms with Gasteiger partial charge in [0.05, 0.1) is 63.8 Å². The first-order valence-corrected chi connectivity index (χ1v) is 25.5. The van der Waals surface area contributed by atoms with Crippen LogP contribution in [0.5, 0.6) is 0 Å². The number of hydrogen-bond donors (Lipinski definition) is 7. The van der Waals surface area contributed by atoms with E-state index in [2.05, 4.69) is 68.2 Å². The third kappa shape index (κ3) is 9.27. The van der Waals surface area contributed by atoms with E-state index in [1.54, 1.807) is 11.7 Å². The van der Waals surface area contributed by atoms with Gasteiger partial charge in [0.2, 0.25) is 17.7 Å². The minimum absolute atomic E-state index is 0.0110. The lowest BCUT2D eigenvalue weighted by Crippen LogP contribution is -2.25. The van der Waals surface area contributed by atoms with E-state index in [-0.39, 0.29) is 60.8 Å². The Kier molecular flexibility index (Phi) is 12.1. The van der Waals surface area contributed by atoms with Gasteiger partial charge in [-0.05, 0) is 104 Å². The monoisotopic (exact) mass is 1010 g/mol. The van der Waals surface area contributed by atoms with E-state index >= 15 is 0 Å². The van der Waals surface area contributed by atoms with Gasteiger partial charge in [-0.2, -0.15) is 15.3 Å². The summed E-state index contributed by atoms with van der Waals surface area (Å²) in [5.41, 5.74) is 19.8. The van der Waals surface area contributed by atoms with Gasteiger partial charge < -0.3 is 37.6 Å². The molecule has 17 heteroatoms. The van der Waals surface area contributed by atoms with Crippen LogP contribution in [0, 0.1) is 0 Å². The predicted molar refractivity (Wildman–Crippen MR) is 297 cm³/mol. The summed E-state index contributed by atoms with van der Waals surface area (Å²) in [5, 5.41) is 35.2. The van der Waals surface area contributed by atoms with E-state index in [4.69, 9.17) is 15.9 Å². The second kappa shape index (κ2) is 19.4. The number of carbonyl (C=O) groups excluding carboxylic acids is 4. The number of benzene rings is 6. The third-order valence-electron chi connectivity index (χ3n) is 14.6. The Morgan fingerprint density at radius 1 is 0.632 bits per heavy atom. The van der Waals surface area contributed by atoms with E-state index in [1.165, 1.54) is 0 Å². The fourth-order valence-electron chi connectivity index (χ4n) is 11.0. The highest BCUT2D eigenvalue weighted by Crippen LogP contribution is 2.43. The number of amides is 4. The molecule has 3 aromatic heterocycles. The largest absolute Gasteiger partial charge is 0.380 e. The number of nitrogens with one attached hydrogen (secondary N) is 6. The fourth-order valence-corrected chi connectivity index (χ4v) is 11.0. The molecule has 6 aromatic carbocycles. The number of anilines is 6. The zero-order valence-corrected chi connectivity index (χ0v) is 42.1. The number of nitrogens with two attached hydrogens (primary N) is 1. The van der Waals surface area contributed by atoms with Crippen molar-refractivity contribution in [1.82, 2.24) is 29.3 Å². The standard InChI is InChI=1S/C59H55N13O4/c1-33-19-52(73)67-49-24-35(22-45(56(49)63-33)38-17-18-51-47(26-38)58(59(60)76)69-70(51)3)20-42-28-54(75)68-50-25-36(23-46(57(50)65-42)40-30-62-72(32-40)43-13-8-5-9-14-43)21-41-27-53(74)66-48-16-10-15-44(55(48)64-41)39-29-61-71(31-39)34(2)37-11-6-4-7-12-37/h4-18,22-26,29-34,41-42,63-65H,19-21,27-28H2,1-3H3,(H2,60,76)(H,66,74)(H,67,73)(H,68,75)/t33-,34-,41-,42-/m1/s1. The Balaban J connectivity index is 0.899. The molecular weight excluding hydrogens is 955 g/mol. The Morgan fingerprint density at radius 2 is 1.22 bits per heavy atom. The number of rotatable bonds is 11. The maximum atomic E-state index is 14.2. The van der Waals surface area contributed by atoms with Crippen molar-refractivity contribution in [3.05, 3.63) is 168 Å². The number of aryl methyl sites for hydroxylation is 1.